The van der Waals surface area contributed by atoms with Gasteiger partial charge < -0.3 is 15.4 Å². The average molecular weight is 258 g/mol. The molecule has 0 aromatic heterocycles. The van der Waals surface area contributed by atoms with E-state index in [0.29, 0.717) is 0 Å². The standard InChI is InChI=1S/C12H22N2O4/c1-6-18-12(17)10(7(2)3)14-11(16)8(4)13-9(5)15/h7-8,10H,6H2,1-5H3,(H,13,15)(H,14,16)/t8-,10+/m1/s1. The van der Waals surface area contributed by atoms with Gasteiger partial charge in [0.15, 0.2) is 0 Å². The molecule has 0 aliphatic heterocycles. The molecule has 0 radical (unpaired) electrons. The van der Waals surface area contributed by atoms with Gasteiger partial charge >= 0.3 is 5.97 Å². The van der Waals surface area contributed by atoms with E-state index in [-0.39, 0.29) is 18.4 Å². The van der Waals surface area contributed by atoms with Gasteiger partial charge in [-0.2, -0.15) is 0 Å². The summed E-state index contributed by atoms with van der Waals surface area (Å²) in [6.07, 6.45) is 0. The van der Waals surface area contributed by atoms with Gasteiger partial charge in [-0.25, -0.2) is 4.79 Å². The zero-order chi connectivity index (χ0) is 14.3. The van der Waals surface area contributed by atoms with Crippen LogP contribution in [-0.4, -0.2) is 36.5 Å². The fourth-order valence-corrected chi connectivity index (χ4v) is 1.38. The molecule has 0 spiro atoms. The highest BCUT2D eigenvalue weighted by Crippen LogP contribution is 2.04. The van der Waals surface area contributed by atoms with Crippen LogP contribution in [0.4, 0.5) is 0 Å². The second kappa shape index (κ2) is 7.68. The van der Waals surface area contributed by atoms with Crippen molar-refractivity contribution in [1.82, 2.24) is 10.6 Å². The van der Waals surface area contributed by atoms with Gasteiger partial charge in [0.05, 0.1) is 6.61 Å². The fourth-order valence-electron chi connectivity index (χ4n) is 1.38. The Bertz CT molecular complexity index is 315. The molecule has 6 heteroatoms. The molecule has 0 rings (SSSR count). The Morgan fingerprint density at radius 2 is 1.67 bits per heavy atom. The summed E-state index contributed by atoms with van der Waals surface area (Å²) in [5.41, 5.74) is 0. The third-order valence-electron chi connectivity index (χ3n) is 2.32. The van der Waals surface area contributed by atoms with Crippen LogP contribution in [0.2, 0.25) is 0 Å². The first kappa shape index (κ1) is 16.4. The van der Waals surface area contributed by atoms with Crippen LogP contribution < -0.4 is 10.6 Å². The van der Waals surface area contributed by atoms with Gasteiger partial charge in [-0.1, -0.05) is 13.8 Å². The van der Waals surface area contributed by atoms with Crippen molar-refractivity contribution in [3.8, 4) is 0 Å². The van der Waals surface area contributed by atoms with E-state index in [1.165, 1.54) is 6.92 Å². The zero-order valence-corrected chi connectivity index (χ0v) is 11.6. The maximum atomic E-state index is 11.8. The molecule has 0 aromatic rings. The number of rotatable bonds is 6. The van der Waals surface area contributed by atoms with Crippen LogP contribution in [0.1, 0.15) is 34.6 Å². The minimum Gasteiger partial charge on any atom is -0.464 e. The maximum Gasteiger partial charge on any atom is 0.328 e. The monoisotopic (exact) mass is 258 g/mol. The van der Waals surface area contributed by atoms with Gasteiger partial charge in [-0.05, 0) is 19.8 Å². The van der Waals surface area contributed by atoms with Crippen LogP contribution in [0.15, 0.2) is 0 Å². The second-order valence-electron chi connectivity index (χ2n) is 4.40. The molecule has 0 aliphatic carbocycles. The van der Waals surface area contributed by atoms with E-state index < -0.39 is 24.0 Å². The molecule has 2 amide bonds. The molecule has 0 unspecified atom stereocenters. The number of nitrogens with one attached hydrogen (secondary N) is 2. The van der Waals surface area contributed by atoms with E-state index in [1.54, 1.807) is 13.8 Å². The van der Waals surface area contributed by atoms with Crippen molar-refractivity contribution in [2.24, 2.45) is 5.92 Å². The van der Waals surface area contributed by atoms with Crippen LogP contribution in [0.5, 0.6) is 0 Å². The molecule has 0 aromatic carbocycles. The molecular formula is C12H22N2O4. The van der Waals surface area contributed by atoms with E-state index in [1.807, 2.05) is 13.8 Å². The minimum atomic E-state index is -0.700. The third-order valence-corrected chi connectivity index (χ3v) is 2.32. The molecule has 0 heterocycles. The summed E-state index contributed by atoms with van der Waals surface area (Å²) in [4.78, 5) is 34.2. The highest BCUT2D eigenvalue weighted by Gasteiger charge is 2.27. The summed E-state index contributed by atoms with van der Waals surface area (Å²) in [7, 11) is 0. The first-order valence-corrected chi connectivity index (χ1v) is 6.03. The predicted octanol–water partition coefficient (Wildman–Crippen LogP) is 0.215. The molecule has 2 atom stereocenters. The largest absolute Gasteiger partial charge is 0.464 e. The van der Waals surface area contributed by atoms with Crippen molar-refractivity contribution < 1.29 is 19.1 Å². The number of hydrogen-bond donors (Lipinski definition) is 2. The highest BCUT2D eigenvalue weighted by atomic mass is 16.5. The number of esters is 1. The fraction of sp³-hybridized carbons (Fsp3) is 0.750. The van der Waals surface area contributed by atoms with Crippen molar-refractivity contribution >= 4 is 17.8 Å². The Labute approximate surface area is 107 Å². The van der Waals surface area contributed by atoms with Crippen LogP contribution in [0, 0.1) is 5.92 Å². The van der Waals surface area contributed by atoms with Crippen molar-refractivity contribution in [2.45, 2.75) is 46.7 Å². The Kier molecular flexibility index (Phi) is 7.00. The highest BCUT2D eigenvalue weighted by molar-refractivity contribution is 5.90. The van der Waals surface area contributed by atoms with Gasteiger partial charge in [0.1, 0.15) is 12.1 Å². The van der Waals surface area contributed by atoms with Crippen LogP contribution in [0.25, 0.3) is 0 Å². The molecule has 0 fully saturated rings. The summed E-state index contributed by atoms with van der Waals surface area (Å²) in [5.74, 6) is -1.25. The lowest BCUT2D eigenvalue weighted by atomic mass is 10.0. The molecule has 6 nitrogen and oxygen atoms in total. The Hall–Kier alpha value is -1.59. The van der Waals surface area contributed by atoms with E-state index in [9.17, 15) is 14.4 Å². The molecule has 0 aliphatic rings. The van der Waals surface area contributed by atoms with Crippen molar-refractivity contribution in [3.05, 3.63) is 0 Å². The maximum absolute atomic E-state index is 11.8. The molecule has 104 valence electrons. The predicted molar refractivity (Wildman–Crippen MR) is 66.7 cm³/mol. The number of carbonyl (C=O) groups excluding carboxylic acids is 3. The summed E-state index contributed by atoms with van der Waals surface area (Å²) in [5, 5.41) is 5.03. The van der Waals surface area contributed by atoms with Crippen molar-refractivity contribution in [3.63, 3.8) is 0 Å². The first-order chi connectivity index (χ1) is 8.29. The normalized spacial score (nSPS) is 13.7. The molecular weight excluding hydrogens is 236 g/mol. The smallest absolute Gasteiger partial charge is 0.328 e. The van der Waals surface area contributed by atoms with E-state index in [0.717, 1.165) is 0 Å². The van der Waals surface area contributed by atoms with E-state index >= 15 is 0 Å². The summed E-state index contributed by atoms with van der Waals surface area (Å²) < 4.78 is 4.89. The Morgan fingerprint density at radius 1 is 1.11 bits per heavy atom. The number of amides is 2. The molecule has 2 N–H and O–H groups in total. The average Bonchev–Trinajstić information content (AvgIpc) is 2.24. The lowest BCUT2D eigenvalue weighted by molar-refractivity contribution is -0.148. The lowest BCUT2D eigenvalue weighted by Gasteiger charge is -2.22. The first-order valence-electron chi connectivity index (χ1n) is 6.03. The Morgan fingerprint density at radius 3 is 2.06 bits per heavy atom. The van der Waals surface area contributed by atoms with Crippen molar-refractivity contribution in [2.75, 3.05) is 6.61 Å². The van der Waals surface area contributed by atoms with Gasteiger partial charge in [0, 0.05) is 6.92 Å². The van der Waals surface area contributed by atoms with Crippen LogP contribution in [0.3, 0.4) is 0 Å². The zero-order valence-electron chi connectivity index (χ0n) is 11.6. The summed E-state index contributed by atoms with van der Waals surface area (Å²) in [6, 6.07) is -1.38. The van der Waals surface area contributed by atoms with Gasteiger partial charge in [0.25, 0.3) is 0 Å². The Balaban J connectivity index is 4.54. The minimum absolute atomic E-state index is 0.0856. The SMILES string of the molecule is CCOC(=O)[C@@H](NC(=O)[C@@H](C)NC(C)=O)C(C)C. The van der Waals surface area contributed by atoms with Gasteiger partial charge in [0.2, 0.25) is 11.8 Å². The summed E-state index contributed by atoms with van der Waals surface area (Å²) >= 11 is 0. The number of ether oxygens (including phenoxy) is 1. The lowest BCUT2D eigenvalue weighted by Crippen LogP contribution is -2.52. The van der Waals surface area contributed by atoms with Crippen molar-refractivity contribution in [1.29, 1.82) is 0 Å². The summed E-state index contributed by atoms with van der Waals surface area (Å²) in [6.45, 7) is 8.47. The molecule has 18 heavy (non-hydrogen) atoms. The van der Waals surface area contributed by atoms with Gasteiger partial charge in [-0.15, -0.1) is 0 Å². The van der Waals surface area contributed by atoms with Crippen LogP contribution in [-0.2, 0) is 19.1 Å². The van der Waals surface area contributed by atoms with E-state index in [2.05, 4.69) is 10.6 Å². The molecule has 0 saturated carbocycles. The quantitative estimate of drug-likeness (QED) is 0.667. The second-order valence-corrected chi connectivity index (χ2v) is 4.40. The molecule has 0 bridgehead atoms. The topological polar surface area (TPSA) is 84.5 Å². The van der Waals surface area contributed by atoms with Crippen LogP contribution >= 0.6 is 0 Å². The third kappa shape index (κ3) is 5.65. The van der Waals surface area contributed by atoms with Gasteiger partial charge in [-0.3, -0.25) is 9.59 Å². The van der Waals surface area contributed by atoms with E-state index in [4.69, 9.17) is 4.74 Å². The number of carbonyl (C=O) groups is 3. The number of hydrogen-bond acceptors (Lipinski definition) is 4. The molecule has 0 saturated heterocycles.